The minimum absolute atomic E-state index is 0.0285. The number of fused-ring (bicyclic) bond motifs is 4. The third kappa shape index (κ3) is 4.92. The number of carbonyl (C=O) groups excluding carboxylic acids is 2. The van der Waals surface area contributed by atoms with Crippen molar-refractivity contribution in [1.82, 2.24) is 38.9 Å². The molecule has 49 heavy (non-hydrogen) atoms. The Morgan fingerprint density at radius 2 is 1.76 bits per heavy atom. The number of nitrogens with zero attached hydrogens (tertiary/aromatic N) is 9. The number of hydrogen-bond acceptors (Lipinski definition) is 9. The van der Waals surface area contributed by atoms with E-state index in [1.807, 2.05) is 35.4 Å². The number of aromatic nitrogens is 6. The van der Waals surface area contributed by atoms with Crippen LogP contribution in [0.3, 0.4) is 0 Å². The number of imidazole rings is 1. The molecule has 248 valence electrons. The van der Waals surface area contributed by atoms with Crippen molar-refractivity contribution >= 4 is 33.9 Å². The van der Waals surface area contributed by atoms with Crippen LogP contribution < -0.4 is 10.5 Å². The first-order chi connectivity index (χ1) is 23.9. The summed E-state index contributed by atoms with van der Waals surface area (Å²) in [7, 11) is 1.63. The zero-order valence-electron chi connectivity index (χ0n) is 27.2. The molecule has 4 aliphatic rings. The van der Waals surface area contributed by atoms with Crippen molar-refractivity contribution in [2.24, 2.45) is 23.5 Å². The molecule has 13 heteroatoms. The molecule has 9 rings (SSSR count). The number of nitrogens with two attached hydrogens (primary N) is 1. The zero-order valence-corrected chi connectivity index (χ0v) is 27.2. The Morgan fingerprint density at radius 1 is 0.959 bits per heavy atom. The summed E-state index contributed by atoms with van der Waals surface area (Å²) in [6, 6.07) is 11.9. The van der Waals surface area contributed by atoms with E-state index in [1.54, 1.807) is 12.0 Å². The third-order valence-corrected chi connectivity index (χ3v) is 10.9. The van der Waals surface area contributed by atoms with Crippen molar-refractivity contribution in [2.75, 3.05) is 26.7 Å². The molecule has 2 saturated heterocycles. The summed E-state index contributed by atoms with van der Waals surface area (Å²) in [5.74, 6) is 2.29. The molecule has 0 radical (unpaired) electrons. The zero-order chi connectivity index (χ0) is 33.4. The lowest BCUT2D eigenvalue weighted by Crippen LogP contribution is -2.51. The van der Waals surface area contributed by atoms with Crippen LogP contribution in [0.4, 0.5) is 0 Å². The van der Waals surface area contributed by atoms with E-state index in [4.69, 9.17) is 25.7 Å². The number of nitriles is 1. The van der Waals surface area contributed by atoms with Gasteiger partial charge in [0.25, 0.3) is 11.8 Å². The first-order valence-corrected chi connectivity index (χ1v) is 17.0. The van der Waals surface area contributed by atoms with Gasteiger partial charge in [0.1, 0.15) is 23.0 Å². The highest BCUT2D eigenvalue weighted by Gasteiger charge is 2.47. The first-order valence-electron chi connectivity index (χ1n) is 17.0. The molecule has 2 aliphatic heterocycles. The second-order valence-electron chi connectivity index (χ2n) is 14.0. The predicted octanol–water partition coefficient (Wildman–Crippen LogP) is 3.47. The normalized spacial score (nSPS) is 21.8. The maximum Gasteiger partial charge on any atom is 0.257 e. The SMILES string of the molecule is COc1cc(C(=O)N2CC3CCC2[C@@H]3N)cc2nc(-c3cc4cccnc4n3CC3CC3)n(CC3CN(C(=O)c4cnc(C#N)nc4)C3)c12. The van der Waals surface area contributed by atoms with E-state index in [1.165, 1.54) is 25.2 Å². The Hall–Kier alpha value is -5.35. The Bertz CT molecular complexity index is 2170. The lowest BCUT2D eigenvalue weighted by molar-refractivity contribution is 0.0470. The first kappa shape index (κ1) is 29.8. The maximum atomic E-state index is 13.9. The van der Waals surface area contributed by atoms with Gasteiger partial charge in [-0.2, -0.15) is 5.26 Å². The Morgan fingerprint density at radius 3 is 2.45 bits per heavy atom. The number of amides is 2. The Labute approximate surface area is 282 Å². The second kappa shape index (κ2) is 11.4. The van der Waals surface area contributed by atoms with Crippen LogP contribution in [0.5, 0.6) is 5.75 Å². The average molecular weight is 657 g/mol. The summed E-state index contributed by atoms with van der Waals surface area (Å²) < 4.78 is 10.5. The van der Waals surface area contributed by atoms with Gasteiger partial charge in [0, 0.05) is 80.3 Å². The van der Waals surface area contributed by atoms with Gasteiger partial charge < -0.3 is 29.4 Å². The number of hydrogen-bond donors (Lipinski definition) is 1. The summed E-state index contributed by atoms with van der Waals surface area (Å²) >= 11 is 0. The number of benzene rings is 1. The molecule has 2 aliphatic carbocycles. The van der Waals surface area contributed by atoms with E-state index in [-0.39, 0.29) is 35.6 Å². The highest BCUT2D eigenvalue weighted by atomic mass is 16.5. The van der Waals surface area contributed by atoms with Crippen LogP contribution in [0.15, 0.2) is 48.9 Å². The number of ether oxygens (including phenoxy) is 1. The number of pyridine rings is 1. The highest BCUT2D eigenvalue weighted by Crippen LogP contribution is 2.41. The van der Waals surface area contributed by atoms with Crippen molar-refractivity contribution in [1.29, 1.82) is 5.26 Å². The number of methoxy groups -OCH3 is 1. The average Bonchev–Trinajstić information content (AvgIpc) is 3.47. The molecule has 6 heterocycles. The molecular formula is C36H36N10O3. The predicted molar refractivity (Wildman–Crippen MR) is 179 cm³/mol. The van der Waals surface area contributed by atoms with Crippen LogP contribution in [-0.2, 0) is 13.1 Å². The number of likely N-dealkylation sites (tertiary alicyclic amines) is 2. The van der Waals surface area contributed by atoms with E-state index >= 15 is 0 Å². The Kier molecular flexibility index (Phi) is 6.91. The summed E-state index contributed by atoms with van der Waals surface area (Å²) in [6.07, 6.45) is 9.03. The van der Waals surface area contributed by atoms with Crippen LogP contribution in [0.1, 0.15) is 52.2 Å². The summed E-state index contributed by atoms with van der Waals surface area (Å²) in [5, 5.41) is 10.1. The van der Waals surface area contributed by atoms with Crippen molar-refractivity contribution in [3.63, 3.8) is 0 Å². The van der Waals surface area contributed by atoms with E-state index in [2.05, 4.69) is 31.2 Å². The van der Waals surface area contributed by atoms with Crippen molar-refractivity contribution in [3.05, 3.63) is 65.9 Å². The van der Waals surface area contributed by atoms with Gasteiger partial charge >= 0.3 is 0 Å². The smallest absolute Gasteiger partial charge is 0.257 e. The van der Waals surface area contributed by atoms with Gasteiger partial charge in [-0.3, -0.25) is 9.59 Å². The van der Waals surface area contributed by atoms with Crippen LogP contribution in [0.2, 0.25) is 0 Å². The molecule has 2 saturated carbocycles. The lowest BCUT2D eigenvalue weighted by atomic mass is 9.98. The standard InChI is InChI=1S/C36H36N10O3/c1-49-29-11-24(36(48)45-19-23-6-7-27(45)31(23)38)9-26-32(29)46(18-21-15-43(16-21)35(47)25-13-40-30(12-37)41-14-25)34(42-26)28-10-22-3-2-8-39-33(22)44(28)17-20-4-5-20/h2-3,8-11,13-14,20-21,23,27,31H,4-7,15-19,38H2,1H3/t23?,27?,31-/m1/s1. The van der Waals surface area contributed by atoms with Gasteiger partial charge in [-0.1, -0.05) is 0 Å². The number of piperidine rings is 1. The number of carbonyl (C=O) groups is 2. The molecule has 4 fully saturated rings. The molecule has 5 aromatic rings. The molecule has 13 nitrogen and oxygen atoms in total. The molecule has 2 bridgehead atoms. The van der Waals surface area contributed by atoms with E-state index < -0.39 is 0 Å². The molecule has 2 N–H and O–H groups in total. The highest BCUT2D eigenvalue weighted by molar-refractivity contribution is 6.00. The Balaban J connectivity index is 1.10. The third-order valence-electron chi connectivity index (χ3n) is 10.9. The van der Waals surface area contributed by atoms with Crippen LogP contribution in [0, 0.1) is 29.1 Å². The summed E-state index contributed by atoms with van der Waals surface area (Å²) in [6.45, 7) is 3.22. The fourth-order valence-electron chi connectivity index (χ4n) is 8.13. The van der Waals surface area contributed by atoms with Gasteiger partial charge in [-0.15, -0.1) is 0 Å². The summed E-state index contributed by atoms with van der Waals surface area (Å²) in [5.41, 5.74) is 10.8. The second-order valence-corrected chi connectivity index (χ2v) is 14.0. The molecule has 1 aromatic carbocycles. The van der Waals surface area contributed by atoms with Crippen LogP contribution in [0.25, 0.3) is 33.6 Å². The van der Waals surface area contributed by atoms with E-state index in [0.29, 0.717) is 60.4 Å². The molecule has 4 aromatic heterocycles. The largest absolute Gasteiger partial charge is 0.494 e. The maximum absolute atomic E-state index is 13.9. The molecule has 2 unspecified atom stereocenters. The van der Waals surface area contributed by atoms with Gasteiger partial charge in [0.05, 0.1) is 23.9 Å². The molecule has 2 amide bonds. The van der Waals surface area contributed by atoms with Gasteiger partial charge in [0.2, 0.25) is 5.82 Å². The van der Waals surface area contributed by atoms with Crippen molar-refractivity contribution in [3.8, 4) is 23.3 Å². The monoisotopic (exact) mass is 656 g/mol. The topological polar surface area (TPSA) is 161 Å². The van der Waals surface area contributed by atoms with Crippen LogP contribution in [-0.4, -0.2) is 89.5 Å². The fourth-order valence-corrected chi connectivity index (χ4v) is 8.13. The minimum Gasteiger partial charge on any atom is -0.494 e. The number of rotatable bonds is 8. The molecular weight excluding hydrogens is 620 g/mol. The van der Waals surface area contributed by atoms with E-state index in [0.717, 1.165) is 47.5 Å². The van der Waals surface area contributed by atoms with Gasteiger partial charge in [-0.05, 0) is 67.9 Å². The fraction of sp³-hybridized carbons (Fsp3) is 0.417. The summed E-state index contributed by atoms with van der Waals surface area (Å²) in [4.78, 5) is 48.8. The van der Waals surface area contributed by atoms with Crippen molar-refractivity contribution in [2.45, 2.75) is 50.9 Å². The van der Waals surface area contributed by atoms with E-state index in [9.17, 15) is 9.59 Å². The molecule has 0 spiro atoms. The van der Waals surface area contributed by atoms with Gasteiger partial charge in [-0.25, -0.2) is 19.9 Å². The minimum atomic E-state index is -0.164. The lowest BCUT2D eigenvalue weighted by Gasteiger charge is -2.39. The van der Waals surface area contributed by atoms with Crippen LogP contribution >= 0.6 is 0 Å². The van der Waals surface area contributed by atoms with Gasteiger partial charge in [0.15, 0.2) is 5.82 Å². The molecule has 3 atom stereocenters. The quantitative estimate of drug-likeness (QED) is 0.264. The van der Waals surface area contributed by atoms with Crippen molar-refractivity contribution < 1.29 is 14.3 Å².